The van der Waals surface area contributed by atoms with Gasteiger partial charge in [0.25, 0.3) is 5.91 Å². The topological polar surface area (TPSA) is 73.8 Å². The molecule has 13 heavy (non-hydrogen) atoms. The fourth-order valence-electron chi connectivity index (χ4n) is 1.11. The van der Waals surface area contributed by atoms with E-state index in [1.54, 1.807) is 11.6 Å². The van der Waals surface area contributed by atoms with Crippen LogP contribution in [-0.4, -0.2) is 20.7 Å². The Labute approximate surface area is 76.9 Å². The van der Waals surface area contributed by atoms with Crippen LogP contribution in [0, 0.1) is 12.8 Å². The van der Waals surface area contributed by atoms with Gasteiger partial charge in [0.2, 0.25) is 5.82 Å². The van der Waals surface area contributed by atoms with Gasteiger partial charge in [0.05, 0.1) is 0 Å². The molecule has 0 bridgehead atoms. The zero-order valence-electron chi connectivity index (χ0n) is 8.11. The zero-order valence-corrected chi connectivity index (χ0v) is 8.11. The number of nitrogens with zero attached hydrogens (tertiary/aromatic N) is 3. The largest absolute Gasteiger partial charge is 0.363 e. The van der Waals surface area contributed by atoms with Gasteiger partial charge in [-0.1, -0.05) is 13.8 Å². The van der Waals surface area contributed by atoms with E-state index < -0.39 is 5.91 Å². The molecule has 1 aromatic heterocycles. The summed E-state index contributed by atoms with van der Waals surface area (Å²) in [5.74, 6) is 0.709. The number of carbonyl (C=O) groups is 1. The number of aromatic nitrogens is 3. The highest BCUT2D eigenvalue weighted by atomic mass is 16.1. The molecule has 72 valence electrons. The molecule has 0 radical (unpaired) electrons. The van der Waals surface area contributed by atoms with Crippen molar-refractivity contribution in [3.8, 4) is 0 Å². The molecule has 1 heterocycles. The van der Waals surface area contributed by atoms with E-state index >= 15 is 0 Å². The Bertz CT molecular complexity index is 316. The molecule has 0 spiro atoms. The maximum atomic E-state index is 10.9. The number of hydrogen-bond donors (Lipinski definition) is 1. The number of primary amides is 1. The van der Waals surface area contributed by atoms with E-state index in [0.29, 0.717) is 18.3 Å². The van der Waals surface area contributed by atoms with Crippen LogP contribution >= 0.6 is 0 Å². The predicted octanol–water partition coefficient (Wildman–Crippen LogP) is 0.341. The van der Waals surface area contributed by atoms with Crippen molar-refractivity contribution in [2.24, 2.45) is 11.7 Å². The molecule has 0 unspecified atom stereocenters. The zero-order chi connectivity index (χ0) is 10.0. The van der Waals surface area contributed by atoms with Crippen LogP contribution in [0.1, 0.15) is 30.3 Å². The molecule has 2 N–H and O–H groups in total. The molecule has 0 saturated carbocycles. The lowest BCUT2D eigenvalue weighted by Gasteiger charge is -2.05. The van der Waals surface area contributed by atoms with Gasteiger partial charge in [-0.25, -0.2) is 9.67 Å². The Morgan fingerprint density at radius 2 is 2.23 bits per heavy atom. The van der Waals surface area contributed by atoms with E-state index in [9.17, 15) is 4.79 Å². The highest BCUT2D eigenvalue weighted by Gasteiger charge is 2.12. The first-order valence-corrected chi connectivity index (χ1v) is 4.22. The number of rotatable bonds is 3. The number of amides is 1. The van der Waals surface area contributed by atoms with Gasteiger partial charge in [-0.2, -0.15) is 5.10 Å². The third-order valence-corrected chi connectivity index (χ3v) is 1.54. The molecule has 5 heteroatoms. The summed E-state index contributed by atoms with van der Waals surface area (Å²) in [5, 5.41) is 4.08. The SMILES string of the molecule is Cc1nc(C(N)=O)n(CC(C)C)n1. The van der Waals surface area contributed by atoms with Crippen molar-refractivity contribution < 1.29 is 4.79 Å². The highest BCUT2D eigenvalue weighted by Crippen LogP contribution is 2.02. The summed E-state index contributed by atoms with van der Waals surface area (Å²) < 4.78 is 1.56. The van der Waals surface area contributed by atoms with Gasteiger partial charge in [0, 0.05) is 6.54 Å². The summed E-state index contributed by atoms with van der Waals surface area (Å²) >= 11 is 0. The Balaban J connectivity index is 2.97. The number of nitrogens with two attached hydrogens (primary N) is 1. The second kappa shape index (κ2) is 3.55. The van der Waals surface area contributed by atoms with E-state index in [2.05, 4.69) is 10.1 Å². The first-order chi connectivity index (χ1) is 6.00. The smallest absolute Gasteiger partial charge is 0.286 e. The van der Waals surface area contributed by atoms with Crippen LogP contribution in [-0.2, 0) is 6.54 Å². The fourth-order valence-corrected chi connectivity index (χ4v) is 1.11. The van der Waals surface area contributed by atoms with Crippen LogP contribution in [0.25, 0.3) is 0 Å². The number of carbonyl (C=O) groups excluding carboxylic acids is 1. The summed E-state index contributed by atoms with van der Waals surface area (Å²) in [6.07, 6.45) is 0. The van der Waals surface area contributed by atoms with Gasteiger partial charge >= 0.3 is 0 Å². The molecule has 0 aliphatic carbocycles. The third-order valence-electron chi connectivity index (χ3n) is 1.54. The Hall–Kier alpha value is -1.39. The monoisotopic (exact) mass is 182 g/mol. The van der Waals surface area contributed by atoms with Crippen molar-refractivity contribution in [2.75, 3.05) is 0 Å². The van der Waals surface area contributed by atoms with Gasteiger partial charge in [-0.3, -0.25) is 4.79 Å². The molecule has 0 atom stereocenters. The molecule has 0 fully saturated rings. The molecule has 1 rings (SSSR count). The normalized spacial score (nSPS) is 10.8. The quantitative estimate of drug-likeness (QED) is 0.732. The van der Waals surface area contributed by atoms with Crippen LogP contribution in [0.2, 0.25) is 0 Å². The lowest BCUT2D eigenvalue weighted by molar-refractivity contribution is 0.0984. The summed E-state index contributed by atoms with van der Waals surface area (Å²) in [4.78, 5) is 14.9. The van der Waals surface area contributed by atoms with Crippen molar-refractivity contribution in [1.29, 1.82) is 0 Å². The van der Waals surface area contributed by atoms with Gasteiger partial charge in [-0.05, 0) is 12.8 Å². The Kier molecular flexibility index (Phi) is 2.65. The van der Waals surface area contributed by atoms with E-state index in [0.717, 1.165) is 0 Å². The van der Waals surface area contributed by atoms with Crippen molar-refractivity contribution in [3.63, 3.8) is 0 Å². The average molecular weight is 182 g/mol. The summed E-state index contributed by atoms with van der Waals surface area (Å²) in [6, 6.07) is 0. The van der Waals surface area contributed by atoms with Crippen molar-refractivity contribution in [2.45, 2.75) is 27.3 Å². The fraction of sp³-hybridized carbons (Fsp3) is 0.625. The van der Waals surface area contributed by atoms with Gasteiger partial charge in [-0.15, -0.1) is 0 Å². The van der Waals surface area contributed by atoms with E-state index in [1.807, 2.05) is 13.8 Å². The molecule has 0 aliphatic rings. The van der Waals surface area contributed by atoms with Crippen molar-refractivity contribution >= 4 is 5.91 Å². The maximum absolute atomic E-state index is 10.9. The van der Waals surface area contributed by atoms with Gasteiger partial charge in [0.1, 0.15) is 5.82 Å². The molecule has 0 aliphatic heterocycles. The van der Waals surface area contributed by atoms with Crippen molar-refractivity contribution in [3.05, 3.63) is 11.6 Å². The number of hydrogen-bond acceptors (Lipinski definition) is 3. The standard InChI is InChI=1S/C8H14N4O/c1-5(2)4-12-8(7(9)13)10-6(3)11-12/h5H,4H2,1-3H3,(H2,9,13). The minimum atomic E-state index is -0.527. The lowest BCUT2D eigenvalue weighted by atomic mass is 10.2. The first kappa shape index (κ1) is 9.70. The Morgan fingerprint density at radius 3 is 2.69 bits per heavy atom. The van der Waals surface area contributed by atoms with Gasteiger partial charge in [0.15, 0.2) is 0 Å². The van der Waals surface area contributed by atoms with Crippen molar-refractivity contribution in [1.82, 2.24) is 14.8 Å². The molecule has 0 saturated heterocycles. The average Bonchev–Trinajstić information content (AvgIpc) is 2.29. The molecular formula is C8H14N4O. The molecule has 5 nitrogen and oxygen atoms in total. The molecular weight excluding hydrogens is 168 g/mol. The second-order valence-electron chi connectivity index (χ2n) is 3.42. The summed E-state index contributed by atoms with van der Waals surface area (Å²) in [6.45, 7) is 6.49. The highest BCUT2D eigenvalue weighted by molar-refractivity contribution is 5.89. The summed E-state index contributed by atoms with van der Waals surface area (Å²) in [5.41, 5.74) is 5.14. The van der Waals surface area contributed by atoms with E-state index in [-0.39, 0.29) is 5.82 Å². The second-order valence-corrected chi connectivity index (χ2v) is 3.42. The van der Waals surface area contributed by atoms with E-state index in [4.69, 9.17) is 5.73 Å². The maximum Gasteiger partial charge on any atom is 0.286 e. The third kappa shape index (κ3) is 2.27. The number of aryl methyl sites for hydroxylation is 1. The van der Waals surface area contributed by atoms with Crippen LogP contribution in [0.15, 0.2) is 0 Å². The predicted molar refractivity (Wildman–Crippen MR) is 48.1 cm³/mol. The van der Waals surface area contributed by atoms with E-state index in [1.165, 1.54) is 0 Å². The Morgan fingerprint density at radius 1 is 1.62 bits per heavy atom. The minimum Gasteiger partial charge on any atom is -0.363 e. The minimum absolute atomic E-state index is 0.242. The first-order valence-electron chi connectivity index (χ1n) is 4.22. The van der Waals surface area contributed by atoms with Crippen LogP contribution in [0.3, 0.4) is 0 Å². The summed E-state index contributed by atoms with van der Waals surface area (Å²) in [7, 11) is 0. The van der Waals surface area contributed by atoms with Crippen LogP contribution < -0.4 is 5.73 Å². The van der Waals surface area contributed by atoms with Gasteiger partial charge < -0.3 is 5.73 Å². The molecule has 1 amide bonds. The van der Waals surface area contributed by atoms with Crippen LogP contribution in [0.4, 0.5) is 0 Å². The molecule has 0 aromatic carbocycles. The van der Waals surface area contributed by atoms with Crippen LogP contribution in [0.5, 0.6) is 0 Å². The molecule has 1 aromatic rings. The lowest BCUT2D eigenvalue weighted by Crippen LogP contribution is -2.20.